The molecule has 0 fully saturated rings. The molecule has 0 atom stereocenters. The summed E-state index contributed by atoms with van der Waals surface area (Å²) in [6, 6.07) is 0. The minimum Gasteiger partial charge on any atom is -0.342 e. The summed E-state index contributed by atoms with van der Waals surface area (Å²) in [5, 5.41) is 0. The fourth-order valence-electron chi connectivity index (χ4n) is 1.32. The van der Waals surface area contributed by atoms with Gasteiger partial charge in [-0.3, -0.25) is 4.79 Å². The first-order chi connectivity index (χ1) is 5.97. The summed E-state index contributed by atoms with van der Waals surface area (Å²) in [6.07, 6.45) is 1.64. The summed E-state index contributed by atoms with van der Waals surface area (Å²) in [5.41, 5.74) is 0. The first kappa shape index (κ1) is 12.5. The van der Waals surface area contributed by atoms with Gasteiger partial charge in [0.05, 0.1) is 0 Å². The molecule has 0 aliphatic heterocycles. The molecule has 0 saturated heterocycles. The number of amides is 1. The monoisotopic (exact) mass is 184 g/mol. The largest absolute Gasteiger partial charge is 0.342 e. The molecule has 0 aromatic heterocycles. The van der Waals surface area contributed by atoms with E-state index in [4.69, 9.17) is 0 Å². The van der Waals surface area contributed by atoms with Gasteiger partial charge in [0.15, 0.2) is 0 Å². The zero-order valence-corrected chi connectivity index (χ0v) is 9.50. The van der Waals surface area contributed by atoms with Gasteiger partial charge in [-0.05, 0) is 11.8 Å². The third-order valence-electron chi connectivity index (χ3n) is 1.73. The first-order valence-corrected chi connectivity index (χ1v) is 5.05. The topological polar surface area (TPSA) is 20.3 Å². The average molecular weight is 184 g/mol. The molecule has 1 radical (unpaired) electrons. The molecule has 0 rings (SSSR count). The number of nitrogens with zero attached hydrogens (tertiary/aromatic N) is 1. The SMILES string of the molecule is C[CH]C(=O)N(CC(C)C)CC(C)C. The maximum atomic E-state index is 11.5. The molecule has 0 spiro atoms. The summed E-state index contributed by atoms with van der Waals surface area (Å²) >= 11 is 0. The smallest absolute Gasteiger partial charge is 0.226 e. The van der Waals surface area contributed by atoms with Crippen LogP contribution in [0.25, 0.3) is 0 Å². The highest BCUT2D eigenvalue weighted by Gasteiger charge is 2.13. The van der Waals surface area contributed by atoms with Crippen LogP contribution in [0.2, 0.25) is 0 Å². The molecule has 0 bridgehead atoms. The minimum atomic E-state index is 0.155. The molecule has 0 aliphatic carbocycles. The Bertz CT molecular complexity index is 142. The number of carbonyl (C=O) groups is 1. The molecule has 0 heterocycles. The molecule has 2 nitrogen and oxygen atoms in total. The van der Waals surface area contributed by atoms with Crippen molar-refractivity contribution in [3.8, 4) is 0 Å². The van der Waals surface area contributed by atoms with Crippen LogP contribution in [0.3, 0.4) is 0 Å². The standard InChI is InChI=1S/C11H22NO/c1-6-11(13)12(7-9(2)3)8-10(4)5/h6,9-10H,7-8H2,1-5H3. The summed E-state index contributed by atoms with van der Waals surface area (Å²) in [4.78, 5) is 13.4. The summed E-state index contributed by atoms with van der Waals surface area (Å²) in [6.45, 7) is 12.1. The maximum Gasteiger partial charge on any atom is 0.226 e. The van der Waals surface area contributed by atoms with Crippen LogP contribution >= 0.6 is 0 Å². The van der Waals surface area contributed by atoms with Gasteiger partial charge in [-0.25, -0.2) is 0 Å². The van der Waals surface area contributed by atoms with E-state index in [9.17, 15) is 4.79 Å². The van der Waals surface area contributed by atoms with E-state index in [-0.39, 0.29) is 5.91 Å². The molecule has 2 heteroatoms. The molecule has 0 aromatic carbocycles. The Kier molecular flexibility index (Phi) is 5.76. The molecular weight excluding hydrogens is 162 g/mol. The van der Waals surface area contributed by atoms with E-state index in [1.165, 1.54) is 0 Å². The lowest BCUT2D eigenvalue weighted by atomic mass is 10.1. The fraction of sp³-hybridized carbons (Fsp3) is 0.818. The highest BCUT2D eigenvalue weighted by atomic mass is 16.2. The van der Waals surface area contributed by atoms with Crippen molar-refractivity contribution in [3.63, 3.8) is 0 Å². The number of carbonyl (C=O) groups excluding carboxylic acids is 1. The van der Waals surface area contributed by atoms with Gasteiger partial charge in [0.1, 0.15) is 0 Å². The van der Waals surface area contributed by atoms with Crippen molar-refractivity contribution in [2.24, 2.45) is 11.8 Å². The zero-order chi connectivity index (χ0) is 10.4. The average Bonchev–Trinajstić information content (AvgIpc) is 2.00. The predicted octanol–water partition coefficient (Wildman–Crippen LogP) is 2.35. The lowest BCUT2D eigenvalue weighted by Crippen LogP contribution is -2.36. The quantitative estimate of drug-likeness (QED) is 0.642. The van der Waals surface area contributed by atoms with Crippen LogP contribution in [0.15, 0.2) is 0 Å². The lowest BCUT2D eigenvalue weighted by Gasteiger charge is -2.25. The van der Waals surface area contributed by atoms with Crippen LogP contribution in [0.4, 0.5) is 0 Å². The van der Waals surface area contributed by atoms with Crippen LogP contribution in [0, 0.1) is 18.3 Å². The molecule has 0 aliphatic rings. The molecule has 0 aromatic rings. The summed E-state index contributed by atoms with van der Waals surface area (Å²) in [7, 11) is 0. The lowest BCUT2D eigenvalue weighted by molar-refractivity contribution is -0.128. The Balaban J connectivity index is 4.10. The number of rotatable bonds is 5. The van der Waals surface area contributed by atoms with Crippen molar-refractivity contribution in [1.29, 1.82) is 0 Å². The Hall–Kier alpha value is -0.530. The van der Waals surface area contributed by atoms with Crippen molar-refractivity contribution < 1.29 is 4.79 Å². The first-order valence-electron chi connectivity index (χ1n) is 5.05. The van der Waals surface area contributed by atoms with Crippen molar-refractivity contribution in [2.75, 3.05) is 13.1 Å². The second-order valence-electron chi connectivity index (χ2n) is 4.32. The number of hydrogen-bond donors (Lipinski definition) is 0. The fourth-order valence-corrected chi connectivity index (χ4v) is 1.32. The molecule has 13 heavy (non-hydrogen) atoms. The van der Waals surface area contributed by atoms with Gasteiger partial charge < -0.3 is 4.90 Å². The van der Waals surface area contributed by atoms with E-state index in [1.807, 2.05) is 4.90 Å². The second-order valence-corrected chi connectivity index (χ2v) is 4.32. The maximum absolute atomic E-state index is 11.5. The highest BCUT2D eigenvalue weighted by molar-refractivity contribution is 5.84. The molecule has 0 unspecified atom stereocenters. The summed E-state index contributed by atoms with van der Waals surface area (Å²) < 4.78 is 0. The predicted molar refractivity (Wildman–Crippen MR) is 56.2 cm³/mol. The molecule has 0 saturated carbocycles. The van der Waals surface area contributed by atoms with Crippen molar-refractivity contribution >= 4 is 5.91 Å². The van der Waals surface area contributed by atoms with E-state index >= 15 is 0 Å². The third kappa shape index (κ3) is 5.67. The van der Waals surface area contributed by atoms with Crippen LogP contribution in [0.5, 0.6) is 0 Å². The van der Waals surface area contributed by atoms with Gasteiger partial charge in [-0.15, -0.1) is 0 Å². The summed E-state index contributed by atoms with van der Waals surface area (Å²) in [5.74, 6) is 1.24. The van der Waals surface area contributed by atoms with Crippen LogP contribution in [-0.4, -0.2) is 23.9 Å². The van der Waals surface area contributed by atoms with Gasteiger partial charge in [0.25, 0.3) is 0 Å². The second kappa shape index (κ2) is 6.01. The van der Waals surface area contributed by atoms with Crippen LogP contribution in [0.1, 0.15) is 34.6 Å². The van der Waals surface area contributed by atoms with E-state index in [1.54, 1.807) is 13.3 Å². The van der Waals surface area contributed by atoms with E-state index in [0.29, 0.717) is 11.8 Å². The minimum absolute atomic E-state index is 0.155. The van der Waals surface area contributed by atoms with Crippen molar-refractivity contribution in [2.45, 2.75) is 34.6 Å². The van der Waals surface area contributed by atoms with Gasteiger partial charge in [0, 0.05) is 19.5 Å². The highest BCUT2D eigenvalue weighted by Crippen LogP contribution is 2.05. The molecule has 0 N–H and O–H groups in total. The van der Waals surface area contributed by atoms with E-state index in [2.05, 4.69) is 27.7 Å². The molecular formula is C11H22NO. The Morgan fingerprint density at radius 1 is 1.15 bits per heavy atom. The van der Waals surface area contributed by atoms with Gasteiger partial charge in [0.2, 0.25) is 5.91 Å². The van der Waals surface area contributed by atoms with Crippen LogP contribution < -0.4 is 0 Å². The van der Waals surface area contributed by atoms with Crippen LogP contribution in [-0.2, 0) is 4.79 Å². The zero-order valence-electron chi connectivity index (χ0n) is 9.50. The van der Waals surface area contributed by atoms with E-state index in [0.717, 1.165) is 13.1 Å². The van der Waals surface area contributed by atoms with Crippen molar-refractivity contribution in [1.82, 2.24) is 4.90 Å². The Morgan fingerprint density at radius 2 is 1.54 bits per heavy atom. The van der Waals surface area contributed by atoms with Gasteiger partial charge >= 0.3 is 0 Å². The van der Waals surface area contributed by atoms with Gasteiger partial charge in [-0.1, -0.05) is 34.6 Å². The normalized spacial score (nSPS) is 11.0. The van der Waals surface area contributed by atoms with Crippen molar-refractivity contribution in [3.05, 3.63) is 6.42 Å². The van der Waals surface area contributed by atoms with Gasteiger partial charge in [-0.2, -0.15) is 0 Å². The number of hydrogen-bond acceptors (Lipinski definition) is 1. The Labute approximate surface area is 82.3 Å². The third-order valence-corrected chi connectivity index (χ3v) is 1.73. The molecule has 1 amide bonds. The Morgan fingerprint density at radius 3 is 1.77 bits per heavy atom. The molecule has 77 valence electrons. The van der Waals surface area contributed by atoms with E-state index < -0.39 is 0 Å².